The first kappa shape index (κ1) is 21.2. The minimum atomic E-state index is -0.576. The van der Waals surface area contributed by atoms with Crippen LogP contribution in [0.4, 0.5) is 0 Å². The van der Waals surface area contributed by atoms with Gasteiger partial charge in [-0.1, -0.05) is 55.2 Å². The van der Waals surface area contributed by atoms with E-state index in [0.717, 1.165) is 30.4 Å². The van der Waals surface area contributed by atoms with Crippen LogP contribution in [0.1, 0.15) is 58.2 Å². The Kier molecular flexibility index (Phi) is 6.61. The minimum Gasteiger partial charge on any atom is -0.267 e. The van der Waals surface area contributed by atoms with E-state index in [2.05, 4.69) is 22.9 Å². The fourth-order valence-corrected chi connectivity index (χ4v) is 3.42. The van der Waals surface area contributed by atoms with Crippen molar-refractivity contribution in [3.05, 3.63) is 75.2 Å². The van der Waals surface area contributed by atoms with E-state index in [4.69, 9.17) is 0 Å². The van der Waals surface area contributed by atoms with Crippen LogP contribution in [0.2, 0.25) is 0 Å². The molecule has 0 spiro atoms. The lowest BCUT2D eigenvalue weighted by Crippen LogP contribution is -2.42. The summed E-state index contributed by atoms with van der Waals surface area (Å²) in [4.78, 5) is 38.0. The van der Waals surface area contributed by atoms with Crippen LogP contribution >= 0.6 is 0 Å². The number of nitrogens with zero attached hydrogens (tertiary/aromatic N) is 2. The molecule has 7 nitrogen and oxygen atoms in total. The normalized spacial score (nSPS) is 10.8. The summed E-state index contributed by atoms with van der Waals surface area (Å²) < 4.78 is 1.33. The van der Waals surface area contributed by atoms with Crippen LogP contribution < -0.4 is 16.4 Å². The first-order valence-corrected chi connectivity index (χ1v) is 10.1. The predicted octanol–water partition coefficient (Wildman–Crippen LogP) is 3.28. The van der Waals surface area contributed by atoms with Gasteiger partial charge in [0, 0.05) is 17.5 Å². The first-order chi connectivity index (χ1) is 14.4. The van der Waals surface area contributed by atoms with E-state index < -0.39 is 11.8 Å². The molecule has 0 bridgehead atoms. The number of benzene rings is 2. The van der Waals surface area contributed by atoms with E-state index in [1.165, 1.54) is 4.68 Å². The van der Waals surface area contributed by atoms with Crippen LogP contribution in [0.5, 0.6) is 0 Å². The Morgan fingerprint density at radius 3 is 2.23 bits per heavy atom. The van der Waals surface area contributed by atoms with Gasteiger partial charge in [-0.25, -0.2) is 4.68 Å². The Morgan fingerprint density at radius 2 is 1.57 bits per heavy atom. The summed E-state index contributed by atoms with van der Waals surface area (Å²) in [6, 6.07) is 12.3. The topological polar surface area (TPSA) is 93.1 Å². The molecule has 156 valence electrons. The molecule has 2 amide bonds. The molecule has 3 aromatic rings. The lowest BCUT2D eigenvalue weighted by Gasteiger charge is -2.12. The quantitative estimate of drug-likeness (QED) is 0.485. The third kappa shape index (κ3) is 4.74. The number of hydrogen-bond acceptors (Lipinski definition) is 4. The van der Waals surface area contributed by atoms with E-state index in [-0.39, 0.29) is 11.3 Å². The summed E-state index contributed by atoms with van der Waals surface area (Å²) in [5.41, 5.74) is 7.11. The number of rotatable bonds is 6. The second kappa shape index (κ2) is 9.35. The van der Waals surface area contributed by atoms with Crippen LogP contribution in [-0.4, -0.2) is 21.6 Å². The molecule has 2 aromatic carbocycles. The van der Waals surface area contributed by atoms with Gasteiger partial charge < -0.3 is 0 Å². The van der Waals surface area contributed by atoms with Gasteiger partial charge in [-0.3, -0.25) is 25.2 Å². The van der Waals surface area contributed by atoms with Crippen LogP contribution in [-0.2, 0) is 6.54 Å². The summed E-state index contributed by atoms with van der Waals surface area (Å²) in [6.07, 6.45) is 2.78. The number of unbranched alkanes of at least 4 members (excludes halogenated alkanes) is 2. The molecule has 7 heteroatoms. The van der Waals surface area contributed by atoms with Gasteiger partial charge in [0.2, 0.25) is 0 Å². The molecule has 0 saturated heterocycles. The summed E-state index contributed by atoms with van der Waals surface area (Å²) in [5.74, 6) is -0.996. The third-order valence-electron chi connectivity index (χ3n) is 4.83. The number of fused-ring (bicyclic) bond motifs is 1. The highest BCUT2D eigenvalue weighted by molar-refractivity contribution is 6.06. The maximum Gasteiger partial charge on any atom is 0.290 e. The summed E-state index contributed by atoms with van der Waals surface area (Å²) >= 11 is 0. The highest BCUT2D eigenvalue weighted by Crippen LogP contribution is 2.14. The van der Waals surface area contributed by atoms with Gasteiger partial charge in [-0.05, 0) is 38.5 Å². The molecule has 1 aromatic heterocycles. The molecule has 0 unspecified atom stereocenters. The molecule has 0 fully saturated rings. The predicted molar refractivity (Wildman–Crippen MR) is 116 cm³/mol. The number of amides is 2. The van der Waals surface area contributed by atoms with Crippen molar-refractivity contribution in [1.82, 2.24) is 20.6 Å². The zero-order valence-corrected chi connectivity index (χ0v) is 17.5. The van der Waals surface area contributed by atoms with Crippen molar-refractivity contribution in [3.8, 4) is 0 Å². The van der Waals surface area contributed by atoms with Crippen molar-refractivity contribution in [2.24, 2.45) is 0 Å². The molecule has 30 heavy (non-hydrogen) atoms. The standard InChI is InChI=1S/C23H26N4O3/c1-4-5-8-11-27-23(30)19-10-7-6-9-18(19)20(26-27)22(29)25-24-21(28)17-13-15(2)12-16(3)14-17/h6-7,9-10,12-14H,4-5,8,11H2,1-3H3,(H,24,28)(H,25,29). The Morgan fingerprint density at radius 1 is 0.933 bits per heavy atom. The fraction of sp³-hybridized carbons (Fsp3) is 0.304. The highest BCUT2D eigenvalue weighted by atomic mass is 16.2. The van der Waals surface area contributed by atoms with Crippen molar-refractivity contribution in [1.29, 1.82) is 0 Å². The molecule has 0 aliphatic rings. The van der Waals surface area contributed by atoms with Gasteiger partial charge in [0.05, 0.1) is 5.39 Å². The number of aromatic nitrogens is 2. The molecule has 2 N–H and O–H groups in total. The number of hydrazine groups is 1. The molecule has 0 radical (unpaired) electrons. The molecular formula is C23H26N4O3. The molecule has 0 atom stereocenters. The third-order valence-corrected chi connectivity index (χ3v) is 4.83. The molecule has 0 saturated carbocycles. The van der Waals surface area contributed by atoms with Crippen LogP contribution in [0.25, 0.3) is 10.8 Å². The van der Waals surface area contributed by atoms with Crippen LogP contribution in [0.3, 0.4) is 0 Å². The van der Waals surface area contributed by atoms with E-state index in [0.29, 0.717) is 22.9 Å². The van der Waals surface area contributed by atoms with Crippen molar-refractivity contribution in [2.45, 2.75) is 46.6 Å². The second-order valence-corrected chi connectivity index (χ2v) is 7.41. The van der Waals surface area contributed by atoms with Gasteiger partial charge >= 0.3 is 0 Å². The highest BCUT2D eigenvalue weighted by Gasteiger charge is 2.17. The van der Waals surface area contributed by atoms with Crippen molar-refractivity contribution >= 4 is 22.6 Å². The SMILES string of the molecule is CCCCCn1nc(C(=O)NNC(=O)c2cc(C)cc(C)c2)c2ccccc2c1=O. The van der Waals surface area contributed by atoms with Gasteiger partial charge in [0.1, 0.15) is 0 Å². The smallest absolute Gasteiger partial charge is 0.267 e. The number of nitrogens with one attached hydrogen (secondary N) is 2. The Labute approximate surface area is 175 Å². The van der Waals surface area contributed by atoms with Crippen molar-refractivity contribution < 1.29 is 9.59 Å². The summed E-state index contributed by atoms with van der Waals surface area (Å²) in [7, 11) is 0. The van der Waals surface area contributed by atoms with E-state index in [1.807, 2.05) is 19.9 Å². The molecular weight excluding hydrogens is 380 g/mol. The second-order valence-electron chi connectivity index (χ2n) is 7.41. The van der Waals surface area contributed by atoms with E-state index >= 15 is 0 Å². The number of aryl methyl sites for hydroxylation is 3. The zero-order chi connectivity index (χ0) is 21.7. The molecule has 1 heterocycles. The lowest BCUT2D eigenvalue weighted by molar-refractivity contribution is 0.0843. The van der Waals surface area contributed by atoms with Crippen molar-refractivity contribution in [2.75, 3.05) is 0 Å². The average Bonchev–Trinajstić information content (AvgIpc) is 2.73. The maximum atomic E-state index is 12.8. The fourth-order valence-electron chi connectivity index (χ4n) is 3.42. The van der Waals surface area contributed by atoms with E-state index in [1.54, 1.807) is 36.4 Å². The largest absolute Gasteiger partial charge is 0.290 e. The zero-order valence-electron chi connectivity index (χ0n) is 17.5. The van der Waals surface area contributed by atoms with E-state index in [9.17, 15) is 14.4 Å². The Bertz CT molecular complexity index is 1130. The first-order valence-electron chi connectivity index (χ1n) is 10.1. The lowest BCUT2D eigenvalue weighted by atomic mass is 10.1. The van der Waals surface area contributed by atoms with Crippen molar-refractivity contribution in [3.63, 3.8) is 0 Å². The average molecular weight is 406 g/mol. The van der Waals surface area contributed by atoms with Crippen LogP contribution in [0.15, 0.2) is 47.3 Å². The maximum absolute atomic E-state index is 12.8. The Balaban J connectivity index is 1.85. The number of carbonyl (C=O) groups is 2. The number of carbonyl (C=O) groups excluding carboxylic acids is 2. The minimum absolute atomic E-state index is 0.0995. The molecule has 0 aliphatic heterocycles. The van der Waals surface area contributed by atoms with Gasteiger partial charge in [0.25, 0.3) is 17.4 Å². The van der Waals surface area contributed by atoms with Gasteiger partial charge in [0.15, 0.2) is 5.69 Å². The summed E-state index contributed by atoms with van der Waals surface area (Å²) in [5, 5.41) is 5.17. The van der Waals surface area contributed by atoms with Gasteiger partial charge in [-0.2, -0.15) is 5.10 Å². The molecule has 3 rings (SSSR count). The number of hydrogen-bond donors (Lipinski definition) is 2. The van der Waals surface area contributed by atoms with Crippen LogP contribution in [0, 0.1) is 13.8 Å². The van der Waals surface area contributed by atoms with Gasteiger partial charge in [-0.15, -0.1) is 0 Å². The monoisotopic (exact) mass is 406 g/mol. The summed E-state index contributed by atoms with van der Waals surface area (Å²) in [6.45, 7) is 6.32. The Hall–Kier alpha value is -3.48. The molecule has 0 aliphatic carbocycles.